The Labute approximate surface area is 42.8 Å². The van der Waals surface area contributed by atoms with Gasteiger partial charge in [-0.05, 0) is 0 Å². The summed E-state index contributed by atoms with van der Waals surface area (Å²) in [5.74, 6) is 0. The molecule has 0 unspecified atom stereocenters. The van der Waals surface area contributed by atoms with E-state index in [0.29, 0.717) is 0 Å². The van der Waals surface area contributed by atoms with Crippen LogP contribution in [-0.4, -0.2) is 36.2 Å². The molecule has 0 aromatic heterocycles. The first kappa shape index (κ1) is 5.72. The molecule has 2 nitrogen and oxygen atoms in total. The van der Waals surface area contributed by atoms with E-state index in [1.54, 1.807) is 14.2 Å². The molecule has 0 fully saturated rings. The molecule has 5 heavy (non-hydrogen) atoms. The molecule has 0 spiro atoms. The zero-order valence-corrected chi connectivity index (χ0v) is 6.69. The van der Waals surface area contributed by atoms with Gasteiger partial charge >= 0.3 is 42.3 Å². The van der Waals surface area contributed by atoms with Gasteiger partial charge in [-0.15, -0.1) is 0 Å². The van der Waals surface area contributed by atoms with Crippen LogP contribution in [-0.2, 0) is 6.15 Å². The second-order valence-corrected chi connectivity index (χ2v) is 3.81. The van der Waals surface area contributed by atoms with Crippen LogP contribution >= 0.6 is 0 Å². The van der Waals surface area contributed by atoms with Gasteiger partial charge < -0.3 is 0 Å². The number of hydrogen-bond acceptors (Lipinski definition) is 2. The van der Waals surface area contributed by atoms with Crippen LogP contribution in [0.1, 0.15) is 0 Å². The van der Waals surface area contributed by atoms with Crippen LogP contribution in [0.15, 0.2) is 0 Å². The predicted molar refractivity (Wildman–Crippen MR) is 21.2 cm³/mol. The van der Waals surface area contributed by atoms with Crippen LogP contribution in [0.3, 0.4) is 0 Å². The normalized spacial score (nSPS) is 8.40. The number of rotatable bonds is 2. The summed E-state index contributed by atoms with van der Waals surface area (Å²) in [6, 6.07) is 0. The fraction of sp³-hybridized carbons (Fsp3) is 1.00. The first-order valence-electron chi connectivity index (χ1n) is 1.29. The Morgan fingerprint density at radius 3 is 1.60 bits per heavy atom. The average molecular weight is 182 g/mol. The Hall–Kier alpha value is 0.719. The fourth-order valence-corrected chi connectivity index (χ4v) is 0.645. The van der Waals surface area contributed by atoms with E-state index < -0.39 is 22.0 Å². The molecule has 0 aliphatic rings. The van der Waals surface area contributed by atoms with Crippen molar-refractivity contribution in [1.82, 2.24) is 0 Å². The molecule has 0 rings (SSSR count). The standard InChI is InChI=1S/2CH3O.Sn.H/c2*1-2;;/h2*1H3;;/q2*-1;+2;. The molecular formula is C2H7O2Sn. The van der Waals surface area contributed by atoms with Gasteiger partial charge in [-0.3, -0.25) is 0 Å². The molecule has 0 saturated carbocycles. The van der Waals surface area contributed by atoms with E-state index in [-0.39, 0.29) is 0 Å². The molecular weight excluding hydrogens is 175 g/mol. The summed E-state index contributed by atoms with van der Waals surface area (Å²) in [4.78, 5) is 0. The quantitative estimate of drug-likeness (QED) is 0.538. The second-order valence-electron chi connectivity index (χ2n) is 0.568. The summed E-state index contributed by atoms with van der Waals surface area (Å²) in [7, 11) is 3.34. The molecule has 0 N–H and O–H groups in total. The minimum absolute atomic E-state index is 0.920. The molecule has 0 aromatic carbocycles. The van der Waals surface area contributed by atoms with E-state index in [1.165, 1.54) is 0 Å². The Bertz CT molecular complexity index is 15.1. The molecule has 0 aromatic rings. The molecule has 31 valence electrons. The topological polar surface area (TPSA) is 18.5 Å². The van der Waals surface area contributed by atoms with Crippen molar-refractivity contribution in [2.45, 2.75) is 0 Å². The van der Waals surface area contributed by atoms with Gasteiger partial charge in [0, 0.05) is 0 Å². The van der Waals surface area contributed by atoms with E-state index in [1.807, 2.05) is 0 Å². The SMILES string of the molecule is C[O][SnH][O]C. The Balaban J connectivity index is 2.19. The molecule has 0 heterocycles. The average Bonchev–Trinajstić information content (AvgIpc) is 1.41. The van der Waals surface area contributed by atoms with E-state index in [0.717, 1.165) is 0 Å². The summed E-state index contributed by atoms with van der Waals surface area (Å²) >= 11 is -0.920. The van der Waals surface area contributed by atoms with Crippen molar-refractivity contribution in [3.8, 4) is 0 Å². The van der Waals surface area contributed by atoms with E-state index in [2.05, 4.69) is 6.15 Å². The molecule has 0 atom stereocenters. The first-order chi connectivity index (χ1) is 2.41. The van der Waals surface area contributed by atoms with Crippen LogP contribution in [0.2, 0.25) is 0 Å². The van der Waals surface area contributed by atoms with E-state index in [9.17, 15) is 0 Å². The van der Waals surface area contributed by atoms with Gasteiger partial charge in [-0.1, -0.05) is 0 Å². The molecule has 0 aliphatic heterocycles. The third-order valence-corrected chi connectivity index (χ3v) is 1.29. The van der Waals surface area contributed by atoms with Crippen molar-refractivity contribution in [1.29, 1.82) is 0 Å². The predicted octanol–water partition coefficient (Wildman–Crippen LogP) is -0.454. The van der Waals surface area contributed by atoms with Crippen LogP contribution in [0.25, 0.3) is 0 Å². The fourth-order valence-electron chi connectivity index (χ4n) is 0.0962. The molecule has 0 saturated heterocycles. The summed E-state index contributed by atoms with van der Waals surface area (Å²) in [6.45, 7) is 0. The van der Waals surface area contributed by atoms with E-state index in [4.69, 9.17) is 0 Å². The van der Waals surface area contributed by atoms with E-state index >= 15 is 0 Å². The molecule has 3 heteroatoms. The Morgan fingerprint density at radius 2 is 1.60 bits per heavy atom. The zero-order valence-electron chi connectivity index (χ0n) is 3.39. The molecule has 1 radical (unpaired) electrons. The maximum absolute atomic E-state index is 4.66. The summed E-state index contributed by atoms with van der Waals surface area (Å²) in [5, 5.41) is 0. The van der Waals surface area contributed by atoms with Gasteiger partial charge in [-0.25, -0.2) is 0 Å². The van der Waals surface area contributed by atoms with Crippen molar-refractivity contribution >= 4 is 22.0 Å². The van der Waals surface area contributed by atoms with Crippen molar-refractivity contribution in [2.24, 2.45) is 0 Å². The monoisotopic (exact) mass is 183 g/mol. The Morgan fingerprint density at radius 1 is 1.20 bits per heavy atom. The molecule has 0 aliphatic carbocycles. The van der Waals surface area contributed by atoms with Gasteiger partial charge in [0.1, 0.15) is 0 Å². The van der Waals surface area contributed by atoms with Crippen LogP contribution in [0, 0.1) is 0 Å². The third-order valence-electron chi connectivity index (χ3n) is 0.192. The number of hydrogen-bond donors (Lipinski definition) is 0. The summed E-state index contributed by atoms with van der Waals surface area (Å²) in [6.07, 6.45) is 0. The van der Waals surface area contributed by atoms with Crippen LogP contribution in [0.4, 0.5) is 0 Å². The molecule has 0 amide bonds. The Kier molecular flexibility index (Phi) is 5.40. The summed E-state index contributed by atoms with van der Waals surface area (Å²) in [5.41, 5.74) is 0. The minimum atomic E-state index is -0.920. The first-order valence-corrected chi connectivity index (χ1v) is 3.98. The summed E-state index contributed by atoms with van der Waals surface area (Å²) < 4.78 is 9.32. The van der Waals surface area contributed by atoms with Gasteiger partial charge in [0.2, 0.25) is 0 Å². The zero-order chi connectivity index (χ0) is 4.12. The van der Waals surface area contributed by atoms with Crippen LogP contribution in [0.5, 0.6) is 0 Å². The van der Waals surface area contributed by atoms with Crippen molar-refractivity contribution in [3.05, 3.63) is 0 Å². The van der Waals surface area contributed by atoms with Gasteiger partial charge in [-0.2, -0.15) is 0 Å². The van der Waals surface area contributed by atoms with Crippen molar-refractivity contribution < 1.29 is 6.15 Å². The second kappa shape index (κ2) is 4.72. The maximum atomic E-state index is 4.66. The van der Waals surface area contributed by atoms with Crippen molar-refractivity contribution in [3.63, 3.8) is 0 Å². The third kappa shape index (κ3) is 4.72. The van der Waals surface area contributed by atoms with Crippen molar-refractivity contribution in [2.75, 3.05) is 14.2 Å². The molecule has 0 bridgehead atoms. The van der Waals surface area contributed by atoms with Gasteiger partial charge in [0.25, 0.3) is 0 Å². The van der Waals surface area contributed by atoms with Gasteiger partial charge in [0.15, 0.2) is 0 Å². The van der Waals surface area contributed by atoms with Crippen LogP contribution < -0.4 is 0 Å². The van der Waals surface area contributed by atoms with Gasteiger partial charge in [0.05, 0.1) is 0 Å².